The number of hydrazone groups is 1. The van der Waals surface area contributed by atoms with E-state index in [9.17, 15) is 42.3 Å². The Morgan fingerprint density at radius 1 is 0.967 bits per heavy atom. The predicted molar refractivity (Wildman–Crippen MR) is 227 cm³/mol. The molecule has 13 nitrogen and oxygen atoms in total. The highest BCUT2D eigenvalue weighted by atomic mass is 35.5. The van der Waals surface area contributed by atoms with Crippen molar-refractivity contribution in [1.82, 2.24) is 16.1 Å². The molecule has 0 aromatic heterocycles. The van der Waals surface area contributed by atoms with Crippen LogP contribution in [-0.2, 0) is 26.3 Å². The van der Waals surface area contributed by atoms with Crippen LogP contribution in [-0.4, -0.2) is 78.1 Å². The van der Waals surface area contributed by atoms with E-state index >= 15 is 0 Å². The number of ether oxygens (including phenoxy) is 1. The Kier molecular flexibility index (Phi) is 17.7. The number of benzene rings is 3. The Morgan fingerprint density at radius 2 is 1.72 bits per heavy atom. The molecule has 4 amide bonds. The van der Waals surface area contributed by atoms with Gasteiger partial charge in [0, 0.05) is 48.8 Å². The summed E-state index contributed by atoms with van der Waals surface area (Å²) < 4.78 is 45.1. The molecule has 1 unspecified atom stereocenters. The van der Waals surface area contributed by atoms with Gasteiger partial charge in [0.05, 0.1) is 28.1 Å². The van der Waals surface area contributed by atoms with Gasteiger partial charge in [0.25, 0.3) is 11.8 Å². The Hall–Kier alpha value is -5.29. The van der Waals surface area contributed by atoms with E-state index in [0.717, 1.165) is 62.0 Å². The molecule has 5 N–H and O–H groups in total. The summed E-state index contributed by atoms with van der Waals surface area (Å²) in [4.78, 5) is 65.0. The van der Waals surface area contributed by atoms with Gasteiger partial charge >= 0.3 is 18.2 Å². The van der Waals surface area contributed by atoms with Crippen LogP contribution in [0.4, 0.5) is 29.3 Å². The van der Waals surface area contributed by atoms with Crippen molar-refractivity contribution in [1.29, 1.82) is 0 Å². The number of aliphatic carboxylic acids is 1. The van der Waals surface area contributed by atoms with E-state index in [1.165, 1.54) is 17.8 Å². The Morgan fingerprint density at radius 3 is 2.42 bits per heavy atom. The molecule has 18 heteroatoms. The Bertz CT molecular complexity index is 2020. The SMILES string of the molecule is CC(C)(C)OC(=O)NC(CCCCNC(=O)CCSCc1cccc(C(=O)Nc2ccc(N3CCCCC3)cc2C(=O)NN=Cc2ccc(Cl)c(C(F)(F)F)c2)c1)C(=O)O. The molecule has 1 aliphatic heterocycles. The number of nitrogens with one attached hydrogen (secondary N) is 4. The van der Waals surface area contributed by atoms with Gasteiger partial charge in [-0.2, -0.15) is 30.0 Å². The molecule has 0 bridgehead atoms. The summed E-state index contributed by atoms with van der Waals surface area (Å²) in [5.74, 6) is -1.45. The molecule has 1 saturated heterocycles. The number of hydrogen-bond donors (Lipinski definition) is 5. The van der Waals surface area contributed by atoms with E-state index in [2.05, 4.69) is 31.4 Å². The quantitative estimate of drug-likeness (QED) is 0.0478. The van der Waals surface area contributed by atoms with Crippen molar-refractivity contribution in [2.45, 2.75) is 89.3 Å². The normalized spacial score (nSPS) is 13.7. The highest BCUT2D eigenvalue weighted by Crippen LogP contribution is 2.35. The third kappa shape index (κ3) is 15.7. The van der Waals surface area contributed by atoms with Crippen LogP contribution in [0.3, 0.4) is 0 Å². The van der Waals surface area contributed by atoms with E-state index in [0.29, 0.717) is 36.5 Å². The lowest BCUT2D eigenvalue weighted by atomic mass is 10.1. The highest BCUT2D eigenvalue weighted by molar-refractivity contribution is 7.98. The maximum Gasteiger partial charge on any atom is 0.417 e. The zero-order valence-corrected chi connectivity index (χ0v) is 35.2. The van der Waals surface area contributed by atoms with Crippen molar-refractivity contribution in [3.05, 3.63) is 93.5 Å². The fourth-order valence-corrected chi connectivity index (χ4v) is 7.21. The molecule has 0 spiro atoms. The van der Waals surface area contributed by atoms with E-state index in [1.807, 2.05) is 12.1 Å². The second-order valence-electron chi connectivity index (χ2n) is 15.1. The number of carboxylic acids is 1. The van der Waals surface area contributed by atoms with E-state index in [4.69, 9.17) is 16.3 Å². The van der Waals surface area contributed by atoms with Gasteiger partial charge < -0.3 is 30.7 Å². The largest absolute Gasteiger partial charge is 0.480 e. The first-order valence-corrected chi connectivity index (χ1v) is 21.0. The minimum atomic E-state index is -4.67. The maximum absolute atomic E-state index is 13.5. The van der Waals surface area contributed by atoms with E-state index in [-0.39, 0.29) is 35.6 Å². The summed E-state index contributed by atoms with van der Waals surface area (Å²) in [5.41, 5.74) is 2.92. The van der Waals surface area contributed by atoms with Crippen molar-refractivity contribution in [3.63, 3.8) is 0 Å². The highest BCUT2D eigenvalue weighted by Gasteiger charge is 2.33. The molecule has 1 heterocycles. The number of hydrogen-bond acceptors (Lipinski definition) is 9. The van der Waals surface area contributed by atoms with Gasteiger partial charge in [-0.3, -0.25) is 14.4 Å². The van der Waals surface area contributed by atoms with Gasteiger partial charge in [0.2, 0.25) is 5.91 Å². The zero-order chi connectivity index (χ0) is 43.9. The third-order valence-corrected chi connectivity index (χ3v) is 10.4. The first-order chi connectivity index (χ1) is 28.4. The summed E-state index contributed by atoms with van der Waals surface area (Å²) in [6.45, 7) is 6.99. The average Bonchev–Trinajstić information content (AvgIpc) is 3.19. The number of nitrogens with zero attached hydrogens (tertiary/aromatic N) is 2. The number of carboxylic acid groups (broad SMARTS) is 1. The van der Waals surface area contributed by atoms with E-state index in [1.54, 1.807) is 51.1 Å². The van der Waals surface area contributed by atoms with Gasteiger partial charge in [-0.15, -0.1) is 0 Å². The number of piperidine rings is 1. The number of alkyl halides is 3. The fourth-order valence-electron chi connectivity index (χ4n) is 6.09. The predicted octanol–water partition coefficient (Wildman–Crippen LogP) is 8.25. The first kappa shape index (κ1) is 47.4. The fraction of sp³-hybridized carbons (Fsp3) is 0.429. The van der Waals surface area contributed by atoms with Crippen molar-refractivity contribution < 1.29 is 47.0 Å². The minimum Gasteiger partial charge on any atom is -0.480 e. The number of amides is 4. The van der Waals surface area contributed by atoms with Crippen LogP contribution in [0.15, 0.2) is 65.8 Å². The van der Waals surface area contributed by atoms with Crippen molar-refractivity contribution in [2.75, 3.05) is 35.6 Å². The summed E-state index contributed by atoms with van der Waals surface area (Å²) >= 11 is 7.23. The molecule has 0 radical (unpaired) electrons. The summed E-state index contributed by atoms with van der Waals surface area (Å²) in [7, 11) is 0. The molecule has 3 aromatic rings. The summed E-state index contributed by atoms with van der Waals surface area (Å²) in [5, 5.41) is 20.8. The van der Waals surface area contributed by atoms with Crippen LogP contribution < -0.4 is 26.3 Å². The van der Waals surface area contributed by atoms with Crippen LogP contribution >= 0.6 is 23.4 Å². The first-order valence-electron chi connectivity index (χ1n) is 19.5. The molecular formula is C42H50ClF3N6O7S. The monoisotopic (exact) mass is 874 g/mol. The third-order valence-electron chi connectivity index (χ3n) is 9.05. The molecule has 1 atom stereocenters. The van der Waals surface area contributed by atoms with Gasteiger partial charge in [-0.25, -0.2) is 15.0 Å². The van der Waals surface area contributed by atoms with Crippen molar-refractivity contribution in [2.24, 2.45) is 5.10 Å². The number of unbranched alkanes of at least 4 members (excludes halogenated alkanes) is 1. The molecule has 1 fully saturated rings. The lowest BCUT2D eigenvalue weighted by molar-refractivity contribution is -0.140. The number of carbonyl (C=O) groups is 5. The molecule has 324 valence electrons. The van der Waals surface area contributed by atoms with Crippen molar-refractivity contribution >= 4 is 70.7 Å². The second-order valence-corrected chi connectivity index (χ2v) is 16.6. The molecule has 60 heavy (non-hydrogen) atoms. The number of halogens is 4. The summed E-state index contributed by atoms with van der Waals surface area (Å²) in [6, 6.07) is 14.2. The molecule has 0 aliphatic carbocycles. The number of rotatable bonds is 18. The van der Waals surface area contributed by atoms with Crippen LogP contribution in [0.1, 0.15) is 103 Å². The van der Waals surface area contributed by atoms with Crippen LogP contribution in [0.2, 0.25) is 5.02 Å². The van der Waals surface area contributed by atoms with Crippen LogP contribution in [0, 0.1) is 0 Å². The van der Waals surface area contributed by atoms with Gasteiger partial charge in [0.1, 0.15) is 11.6 Å². The Labute approximate surface area is 356 Å². The maximum atomic E-state index is 13.5. The van der Waals surface area contributed by atoms with Gasteiger partial charge in [0.15, 0.2) is 0 Å². The minimum absolute atomic E-state index is 0.0669. The Balaban J connectivity index is 1.29. The topological polar surface area (TPSA) is 179 Å². The summed E-state index contributed by atoms with van der Waals surface area (Å²) in [6.07, 6.45) is 0.0883. The number of anilines is 2. The lowest BCUT2D eigenvalue weighted by Crippen LogP contribution is -2.43. The average molecular weight is 875 g/mol. The van der Waals surface area contributed by atoms with Crippen molar-refractivity contribution in [3.8, 4) is 0 Å². The van der Waals surface area contributed by atoms with E-state index < -0.39 is 52.3 Å². The molecule has 0 saturated carbocycles. The second kappa shape index (κ2) is 22.4. The number of thioether (sulfide) groups is 1. The van der Waals surface area contributed by atoms with Gasteiger partial charge in [-0.1, -0.05) is 29.8 Å². The number of alkyl carbamates (subject to hydrolysis) is 1. The smallest absolute Gasteiger partial charge is 0.417 e. The standard InChI is InChI=1S/C42H50ClF3N6O7S/c1-41(2,3)59-40(58)50-35(39(56)57)12-5-6-18-47-36(53)17-21-60-26-28-10-9-11-29(22-28)37(54)49-34-16-14-30(52-19-7-4-8-20-52)24-31(34)38(55)51-48-25-27-13-15-33(43)32(23-27)42(44,45)46/h9-11,13-16,22-25,35H,4-8,12,17-21,26H2,1-3H3,(H,47,53)(H,49,54)(H,50,58)(H,51,55)(H,56,57). The molecule has 1 aliphatic rings. The molecule has 4 rings (SSSR count). The van der Waals surface area contributed by atoms with Crippen LogP contribution in [0.25, 0.3) is 0 Å². The molecule has 3 aromatic carbocycles. The number of carbonyl (C=O) groups excluding carboxylic acids is 4. The zero-order valence-electron chi connectivity index (χ0n) is 33.6. The lowest BCUT2D eigenvalue weighted by Gasteiger charge is -2.29. The molecular weight excluding hydrogens is 825 g/mol. The van der Waals surface area contributed by atoms with Crippen LogP contribution in [0.5, 0.6) is 0 Å². The van der Waals surface area contributed by atoms with Gasteiger partial charge in [-0.05, 0) is 113 Å².